The number of hydrogen-bond donors (Lipinski definition) is 2. The van der Waals surface area contributed by atoms with Crippen LogP contribution in [0.1, 0.15) is 24.2 Å². The SMILES string of the molecule is CC(O)c1cccc(Nc2ncc3nnn(-c4cccc(CC#N)c4)c3n2)c1. The molecule has 28 heavy (non-hydrogen) atoms. The monoisotopic (exact) mass is 371 g/mol. The van der Waals surface area contributed by atoms with Gasteiger partial charge < -0.3 is 10.4 Å². The number of anilines is 2. The Morgan fingerprint density at radius 2 is 2.07 bits per heavy atom. The summed E-state index contributed by atoms with van der Waals surface area (Å²) in [6, 6.07) is 17.1. The molecule has 4 rings (SSSR count). The molecule has 2 aromatic heterocycles. The smallest absolute Gasteiger partial charge is 0.229 e. The van der Waals surface area contributed by atoms with Crippen LogP contribution in [0, 0.1) is 11.3 Å². The molecular formula is C20H17N7O. The van der Waals surface area contributed by atoms with Gasteiger partial charge in [0.1, 0.15) is 0 Å². The van der Waals surface area contributed by atoms with Crippen molar-refractivity contribution in [2.45, 2.75) is 19.4 Å². The molecule has 8 nitrogen and oxygen atoms in total. The first-order chi connectivity index (χ1) is 13.6. The number of benzene rings is 2. The normalized spacial score (nSPS) is 11.9. The number of aliphatic hydroxyl groups excluding tert-OH is 1. The van der Waals surface area contributed by atoms with Crippen LogP contribution in [0.2, 0.25) is 0 Å². The third-order valence-corrected chi connectivity index (χ3v) is 4.26. The van der Waals surface area contributed by atoms with Gasteiger partial charge in [-0.2, -0.15) is 14.9 Å². The van der Waals surface area contributed by atoms with Gasteiger partial charge in [-0.3, -0.25) is 0 Å². The topological polar surface area (TPSA) is 113 Å². The summed E-state index contributed by atoms with van der Waals surface area (Å²) in [4.78, 5) is 8.83. The molecule has 2 heterocycles. The maximum absolute atomic E-state index is 9.75. The number of hydrogen-bond acceptors (Lipinski definition) is 7. The van der Waals surface area contributed by atoms with Crippen LogP contribution in [-0.4, -0.2) is 30.1 Å². The van der Waals surface area contributed by atoms with E-state index in [2.05, 4.69) is 31.7 Å². The number of rotatable bonds is 5. The number of nitriles is 1. The first kappa shape index (κ1) is 17.6. The number of nitrogens with one attached hydrogen (secondary N) is 1. The zero-order valence-corrected chi connectivity index (χ0v) is 15.1. The van der Waals surface area contributed by atoms with Gasteiger partial charge in [-0.25, -0.2) is 4.98 Å². The van der Waals surface area contributed by atoms with Gasteiger partial charge in [0, 0.05) is 5.69 Å². The Balaban J connectivity index is 1.70. The molecule has 138 valence electrons. The average Bonchev–Trinajstić information content (AvgIpc) is 3.12. The molecular weight excluding hydrogens is 354 g/mol. The maximum Gasteiger partial charge on any atom is 0.229 e. The molecule has 4 aromatic rings. The van der Waals surface area contributed by atoms with E-state index in [1.165, 1.54) is 0 Å². The molecule has 0 bridgehead atoms. The van der Waals surface area contributed by atoms with Gasteiger partial charge in [0.15, 0.2) is 11.2 Å². The Labute approximate surface area is 161 Å². The van der Waals surface area contributed by atoms with Crippen LogP contribution in [0.15, 0.2) is 54.7 Å². The summed E-state index contributed by atoms with van der Waals surface area (Å²) in [5.41, 5.74) is 4.36. The highest BCUT2D eigenvalue weighted by Crippen LogP contribution is 2.21. The van der Waals surface area contributed by atoms with E-state index in [4.69, 9.17) is 5.26 Å². The second-order valence-corrected chi connectivity index (χ2v) is 6.33. The lowest BCUT2D eigenvalue weighted by atomic mass is 10.1. The van der Waals surface area contributed by atoms with E-state index in [1.807, 2.05) is 48.5 Å². The first-order valence-corrected chi connectivity index (χ1v) is 8.74. The summed E-state index contributed by atoms with van der Waals surface area (Å²) in [5.74, 6) is 0.395. The molecule has 0 aliphatic heterocycles. The maximum atomic E-state index is 9.75. The fraction of sp³-hybridized carbons (Fsp3) is 0.150. The summed E-state index contributed by atoms with van der Waals surface area (Å²) in [6.45, 7) is 1.71. The molecule has 0 aliphatic carbocycles. The van der Waals surface area contributed by atoms with Gasteiger partial charge in [0.2, 0.25) is 5.95 Å². The fourth-order valence-corrected chi connectivity index (χ4v) is 2.86. The number of fused-ring (bicyclic) bond motifs is 1. The van der Waals surface area contributed by atoms with Crippen molar-refractivity contribution in [1.82, 2.24) is 25.0 Å². The zero-order valence-electron chi connectivity index (χ0n) is 15.1. The van der Waals surface area contributed by atoms with E-state index < -0.39 is 6.10 Å². The second kappa shape index (κ2) is 7.42. The van der Waals surface area contributed by atoms with Gasteiger partial charge in [0.25, 0.3) is 0 Å². The molecule has 0 fully saturated rings. The molecule has 1 atom stereocenters. The van der Waals surface area contributed by atoms with Crippen molar-refractivity contribution in [3.63, 3.8) is 0 Å². The highest BCUT2D eigenvalue weighted by atomic mass is 16.3. The van der Waals surface area contributed by atoms with Crippen LogP contribution in [0.3, 0.4) is 0 Å². The summed E-state index contributed by atoms with van der Waals surface area (Å²) < 4.78 is 1.62. The molecule has 2 N–H and O–H groups in total. The molecule has 2 aromatic carbocycles. The molecule has 1 unspecified atom stereocenters. The minimum Gasteiger partial charge on any atom is -0.389 e. The van der Waals surface area contributed by atoms with Crippen molar-refractivity contribution in [3.05, 3.63) is 65.9 Å². The summed E-state index contributed by atoms with van der Waals surface area (Å²) in [5, 5.41) is 30.1. The standard InChI is InChI=1S/C20H17N7O/c1-13(28)15-5-3-6-16(11-15)23-20-22-12-18-19(24-20)27(26-25-18)17-7-2-4-14(10-17)8-9-21/h2-7,10-13,28H,8H2,1H3,(H,22,23,24). The number of aliphatic hydroxyl groups is 1. The van der Waals surface area contributed by atoms with Gasteiger partial charge in [-0.05, 0) is 42.3 Å². The van der Waals surface area contributed by atoms with Gasteiger partial charge in [-0.1, -0.05) is 29.5 Å². The van der Waals surface area contributed by atoms with Gasteiger partial charge >= 0.3 is 0 Å². The van der Waals surface area contributed by atoms with E-state index in [1.54, 1.807) is 17.8 Å². The number of aromatic nitrogens is 5. The summed E-state index contributed by atoms with van der Waals surface area (Å²) >= 11 is 0. The molecule has 0 aliphatic rings. The van der Waals surface area contributed by atoms with Crippen LogP contribution in [-0.2, 0) is 6.42 Å². The minimum absolute atomic E-state index is 0.321. The van der Waals surface area contributed by atoms with Crippen LogP contribution in [0.4, 0.5) is 11.6 Å². The van der Waals surface area contributed by atoms with Crippen molar-refractivity contribution in [2.75, 3.05) is 5.32 Å². The van der Waals surface area contributed by atoms with Crippen molar-refractivity contribution in [1.29, 1.82) is 5.26 Å². The van der Waals surface area contributed by atoms with Crippen LogP contribution < -0.4 is 5.32 Å². The van der Waals surface area contributed by atoms with E-state index in [-0.39, 0.29) is 0 Å². The average molecular weight is 371 g/mol. The van der Waals surface area contributed by atoms with Crippen molar-refractivity contribution in [2.24, 2.45) is 0 Å². The quantitative estimate of drug-likeness (QED) is 0.554. The van der Waals surface area contributed by atoms with Crippen LogP contribution >= 0.6 is 0 Å². The Morgan fingerprint density at radius 1 is 1.21 bits per heavy atom. The fourth-order valence-electron chi connectivity index (χ4n) is 2.86. The predicted molar refractivity (Wildman–Crippen MR) is 104 cm³/mol. The lowest BCUT2D eigenvalue weighted by Crippen LogP contribution is -2.02. The zero-order chi connectivity index (χ0) is 19.5. The van der Waals surface area contributed by atoms with E-state index >= 15 is 0 Å². The van der Waals surface area contributed by atoms with Crippen molar-refractivity contribution in [3.8, 4) is 11.8 Å². The molecule has 0 saturated carbocycles. The number of nitrogens with zero attached hydrogens (tertiary/aromatic N) is 6. The Hall–Kier alpha value is -3.83. The predicted octanol–water partition coefficient (Wildman–Crippen LogP) is 3.07. The largest absolute Gasteiger partial charge is 0.389 e. The molecule has 8 heteroatoms. The third-order valence-electron chi connectivity index (χ3n) is 4.26. The van der Waals surface area contributed by atoms with E-state index in [0.717, 1.165) is 22.5 Å². The Kier molecular flexibility index (Phi) is 4.66. The first-order valence-electron chi connectivity index (χ1n) is 8.74. The Bertz CT molecular complexity index is 1180. The third kappa shape index (κ3) is 3.51. The van der Waals surface area contributed by atoms with Gasteiger partial charge in [0.05, 0.1) is 30.5 Å². The van der Waals surface area contributed by atoms with Crippen molar-refractivity contribution >= 4 is 22.8 Å². The lowest BCUT2D eigenvalue weighted by Gasteiger charge is -2.09. The molecule has 0 radical (unpaired) electrons. The second-order valence-electron chi connectivity index (χ2n) is 6.33. The summed E-state index contributed by atoms with van der Waals surface area (Å²) in [6.07, 6.45) is 1.37. The highest BCUT2D eigenvalue weighted by Gasteiger charge is 2.11. The van der Waals surface area contributed by atoms with E-state index in [9.17, 15) is 5.11 Å². The van der Waals surface area contributed by atoms with E-state index in [0.29, 0.717) is 23.5 Å². The molecule has 0 amide bonds. The van der Waals surface area contributed by atoms with Gasteiger partial charge in [-0.15, -0.1) is 5.10 Å². The molecule has 0 spiro atoms. The van der Waals surface area contributed by atoms with Crippen LogP contribution in [0.25, 0.3) is 16.9 Å². The minimum atomic E-state index is -0.559. The van der Waals surface area contributed by atoms with Crippen LogP contribution in [0.5, 0.6) is 0 Å². The highest BCUT2D eigenvalue weighted by molar-refractivity contribution is 5.73. The molecule has 0 saturated heterocycles. The lowest BCUT2D eigenvalue weighted by molar-refractivity contribution is 0.199. The Morgan fingerprint density at radius 3 is 2.89 bits per heavy atom. The van der Waals surface area contributed by atoms with Crippen molar-refractivity contribution < 1.29 is 5.11 Å². The summed E-state index contributed by atoms with van der Waals surface area (Å²) in [7, 11) is 0.